The lowest BCUT2D eigenvalue weighted by atomic mass is 10.2. The zero-order valence-corrected chi connectivity index (χ0v) is 17.1. The Balaban J connectivity index is 1.78. The van der Waals surface area contributed by atoms with E-state index in [0.29, 0.717) is 11.4 Å². The van der Waals surface area contributed by atoms with Gasteiger partial charge in [-0.25, -0.2) is 13.8 Å². The molecule has 0 aliphatic carbocycles. The normalized spacial score (nSPS) is 11.2. The van der Waals surface area contributed by atoms with Gasteiger partial charge in [-0.2, -0.15) is 5.10 Å². The number of ether oxygens (including phenoxy) is 1. The summed E-state index contributed by atoms with van der Waals surface area (Å²) in [4.78, 5) is 12.6. The third-order valence-corrected chi connectivity index (χ3v) is 5.95. The van der Waals surface area contributed by atoms with Crippen LogP contribution >= 0.6 is 0 Å². The Hall–Kier alpha value is -3.65. The molecule has 30 heavy (non-hydrogen) atoms. The monoisotopic (exact) mass is 423 g/mol. The van der Waals surface area contributed by atoms with Gasteiger partial charge in [0.1, 0.15) is 12.3 Å². The number of carbonyl (C=O) groups excluding carboxylic acids is 1. The first-order chi connectivity index (χ1) is 14.5. The highest BCUT2D eigenvalue weighted by atomic mass is 32.2. The lowest BCUT2D eigenvalue weighted by molar-refractivity contribution is -0.119. The molecule has 3 aromatic carbocycles. The molecule has 3 aromatic rings. The van der Waals surface area contributed by atoms with Gasteiger partial charge >= 0.3 is 0 Å². The van der Waals surface area contributed by atoms with E-state index in [9.17, 15) is 13.2 Å². The third-order valence-electron chi connectivity index (χ3n) is 4.16. The molecule has 1 N–H and O–H groups in total. The second kappa shape index (κ2) is 9.71. The number of hydrazone groups is 1. The molecule has 0 fully saturated rings. The number of sulfonamides is 1. The van der Waals surface area contributed by atoms with E-state index in [1.54, 1.807) is 79.9 Å². The summed E-state index contributed by atoms with van der Waals surface area (Å²) in [5.41, 5.74) is 3.49. The Labute approximate surface area is 175 Å². The minimum Gasteiger partial charge on any atom is -0.497 e. The molecular formula is C22H21N3O4S. The third kappa shape index (κ3) is 5.24. The van der Waals surface area contributed by atoms with Crippen molar-refractivity contribution in [3.05, 3.63) is 90.5 Å². The van der Waals surface area contributed by atoms with Gasteiger partial charge in [-0.15, -0.1) is 0 Å². The number of methoxy groups -OCH3 is 1. The van der Waals surface area contributed by atoms with E-state index in [4.69, 9.17) is 4.74 Å². The second-order valence-electron chi connectivity index (χ2n) is 6.23. The Kier molecular flexibility index (Phi) is 6.82. The molecule has 154 valence electrons. The summed E-state index contributed by atoms with van der Waals surface area (Å²) in [7, 11) is -2.37. The summed E-state index contributed by atoms with van der Waals surface area (Å²) in [6.45, 7) is -0.420. The number of hydrogen-bond acceptors (Lipinski definition) is 5. The van der Waals surface area contributed by atoms with Crippen LogP contribution in [0.2, 0.25) is 0 Å². The van der Waals surface area contributed by atoms with Crippen LogP contribution in [-0.2, 0) is 14.8 Å². The minimum atomic E-state index is -3.93. The van der Waals surface area contributed by atoms with Crippen molar-refractivity contribution in [3.63, 3.8) is 0 Å². The SMILES string of the molecule is COc1cccc(/C=N\NC(=O)CN(c2ccccc2)S(=O)(=O)c2ccccc2)c1. The molecule has 0 heterocycles. The van der Waals surface area contributed by atoms with Crippen molar-refractivity contribution in [1.82, 2.24) is 5.43 Å². The second-order valence-corrected chi connectivity index (χ2v) is 8.09. The average molecular weight is 423 g/mol. The van der Waals surface area contributed by atoms with Crippen LogP contribution in [0.4, 0.5) is 5.69 Å². The van der Waals surface area contributed by atoms with E-state index in [2.05, 4.69) is 10.5 Å². The summed E-state index contributed by atoms with van der Waals surface area (Å²) >= 11 is 0. The largest absolute Gasteiger partial charge is 0.497 e. The van der Waals surface area contributed by atoms with Gasteiger partial charge in [0.2, 0.25) is 0 Å². The van der Waals surface area contributed by atoms with Gasteiger partial charge in [-0.05, 0) is 42.0 Å². The first-order valence-corrected chi connectivity index (χ1v) is 10.5. The van der Waals surface area contributed by atoms with E-state index in [1.165, 1.54) is 18.3 Å². The number of anilines is 1. The molecule has 0 bridgehead atoms. The molecule has 0 unspecified atom stereocenters. The molecule has 0 saturated heterocycles. The molecule has 0 aromatic heterocycles. The maximum atomic E-state index is 13.1. The fourth-order valence-corrected chi connectivity index (χ4v) is 4.14. The van der Waals surface area contributed by atoms with E-state index >= 15 is 0 Å². The molecule has 7 nitrogen and oxygen atoms in total. The molecule has 0 radical (unpaired) electrons. The topological polar surface area (TPSA) is 88.1 Å². The van der Waals surface area contributed by atoms with E-state index in [-0.39, 0.29) is 4.90 Å². The van der Waals surface area contributed by atoms with Crippen LogP contribution in [0.3, 0.4) is 0 Å². The van der Waals surface area contributed by atoms with Crippen LogP contribution in [0, 0.1) is 0 Å². The first-order valence-electron chi connectivity index (χ1n) is 9.09. The van der Waals surface area contributed by atoms with Crippen molar-refractivity contribution in [1.29, 1.82) is 0 Å². The summed E-state index contributed by atoms with van der Waals surface area (Å²) in [5, 5.41) is 3.92. The number of carbonyl (C=O) groups is 1. The molecule has 0 atom stereocenters. The lowest BCUT2D eigenvalue weighted by Gasteiger charge is -2.23. The Morgan fingerprint density at radius 3 is 2.33 bits per heavy atom. The van der Waals surface area contributed by atoms with Crippen molar-refractivity contribution < 1.29 is 17.9 Å². The molecule has 0 spiro atoms. The number of nitrogens with one attached hydrogen (secondary N) is 1. The molecule has 1 amide bonds. The summed E-state index contributed by atoms with van der Waals surface area (Å²) < 4.78 is 32.5. The van der Waals surface area contributed by atoms with Crippen molar-refractivity contribution >= 4 is 27.8 Å². The standard InChI is InChI=1S/C22H21N3O4S/c1-29-20-12-8-9-18(15-20)16-23-24-22(26)17-25(19-10-4-2-5-11-19)30(27,28)21-13-6-3-7-14-21/h2-16H,17H2,1H3,(H,24,26)/b23-16-. The molecule has 0 aliphatic rings. The van der Waals surface area contributed by atoms with Gasteiger partial charge < -0.3 is 4.74 Å². The zero-order chi connectivity index (χ0) is 21.4. The molecule has 8 heteroatoms. The van der Waals surface area contributed by atoms with Crippen LogP contribution in [0.15, 0.2) is 94.9 Å². The number of hydrogen-bond donors (Lipinski definition) is 1. The van der Waals surface area contributed by atoms with E-state index in [0.717, 1.165) is 9.87 Å². The van der Waals surface area contributed by atoms with E-state index in [1.807, 2.05) is 0 Å². The first kappa shape index (κ1) is 21.1. The van der Waals surface area contributed by atoms with Gasteiger partial charge in [-0.1, -0.05) is 48.5 Å². The minimum absolute atomic E-state index is 0.0986. The van der Waals surface area contributed by atoms with Gasteiger partial charge in [0.05, 0.1) is 23.9 Å². The predicted molar refractivity (Wildman–Crippen MR) is 116 cm³/mol. The fourth-order valence-electron chi connectivity index (χ4n) is 2.70. The highest BCUT2D eigenvalue weighted by Gasteiger charge is 2.26. The molecule has 3 rings (SSSR count). The van der Waals surface area contributed by atoms with Gasteiger partial charge in [-0.3, -0.25) is 9.10 Å². The Morgan fingerprint density at radius 1 is 1.00 bits per heavy atom. The number of nitrogens with zero attached hydrogens (tertiary/aromatic N) is 2. The summed E-state index contributed by atoms with van der Waals surface area (Å²) in [6.07, 6.45) is 1.46. The maximum Gasteiger partial charge on any atom is 0.264 e. The van der Waals surface area contributed by atoms with Crippen LogP contribution in [0.1, 0.15) is 5.56 Å². The predicted octanol–water partition coefficient (Wildman–Crippen LogP) is 3.04. The quantitative estimate of drug-likeness (QED) is 0.446. The average Bonchev–Trinajstić information content (AvgIpc) is 2.78. The maximum absolute atomic E-state index is 13.1. The number of rotatable bonds is 8. The van der Waals surface area contributed by atoms with Gasteiger partial charge in [0.15, 0.2) is 0 Å². The molecular weight excluding hydrogens is 402 g/mol. The van der Waals surface area contributed by atoms with E-state index < -0.39 is 22.5 Å². The van der Waals surface area contributed by atoms with Crippen molar-refractivity contribution in [2.45, 2.75) is 4.90 Å². The van der Waals surface area contributed by atoms with Gasteiger partial charge in [0.25, 0.3) is 15.9 Å². The number of amides is 1. The Bertz CT molecular complexity index is 1120. The Morgan fingerprint density at radius 2 is 1.67 bits per heavy atom. The van der Waals surface area contributed by atoms with Crippen LogP contribution in [-0.4, -0.2) is 34.2 Å². The fraction of sp³-hybridized carbons (Fsp3) is 0.0909. The van der Waals surface area contributed by atoms with Crippen LogP contribution in [0.5, 0.6) is 5.75 Å². The number of para-hydroxylation sites is 1. The summed E-state index contributed by atoms with van der Waals surface area (Å²) in [5.74, 6) is 0.0898. The highest BCUT2D eigenvalue weighted by molar-refractivity contribution is 7.92. The van der Waals surface area contributed by atoms with Crippen molar-refractivity contribution in [2.75, 3.05) is 18.0 Å². The summed E-state index contributed by atoms with van der Waals surface area (Å²) in [6, 6.07) is 23.6. The van der Waals surface area contributed by atoms with Crippen LogP contribution < -0.4 is 14.5 Å². The van der Waals surface area contributed by atoms with Crippen LogP contribution in [0.25, 0.3) is 0 Å². The molecule has 0 saturated carbocycles. The van der Waals surface area contributed by atoms with Crippen molar-refractivity contribution in [3.8, 4) is 5.75 Å². The zero-order valence-electron chi connectivity index (χ0n) is 16.3. The smallest absolute Gasteiger partial charge is 0.264 e. The van der Waals surface area contributed by atoms with Gasteiger partial charge in [0, 0.05) is 0 Å². The highest BCUT2D eigenvalue weighted by Crippen LogP contribution is 2.23. The lowest BCUT2D eigenvalue weighted by Crippen LogP contribution is -2.39. The molecule has 0 aliphatic heterocycles. The number of benzene rings is 3. The van der Waals surface area contributed by atoms with Crippen molar-refractivity contribution in [2.24, 2.45) is 5.10 Å².